The number of benzene rings is 2. The maximum absolute atomic E-state index is 13.8. The van der Waals surface area contributed by atoms with Crippen LogP contribution in [-0.2, 0) is 13.2 Å². The monoisotopic (exact) mass is 349 g/mol. The van der Waals surface area contributed by atoms with Gasteiger partial charge >= 0.3 is 0 Å². The van der Waals surface area contributed by atoms with E-state index in [1.54, 1.807) is 0 Å². The molecular weight excluding hydrogens is 333 g/mol. The summed E-state index contributed by atoms with van der Waals surface area (Å²) in [7, 11) is 0. The molecule has 0 spiro atoms. The van der Waals surface area contributed by atoms with Gasteiger partial charge in [-0.1, -0.05) is 22.0 Å². The minimum Gasteiger partial charge on any atom is -0.489 e. The third-order valence-corrected chi connectivity index (χ3v) is 4.02. The molecule has 0 aliphatic heterocycles. The fourth-order valence-corrected chi connectivity index (χ4v) is 2.35. The zero-order valence-electron chi connectivity index (χ0n) is 11.6. The number of nitrogens with one attached hydrogen (secondary N) is 1. The summed E-state index contributed by atoms with van der Waals surface area (Å²) in [6.45, 7) is 1.03. The van der Waals surface area contributed by atoms with Gasteiger partial charge in [-0.25, -0.2) is 4.39 Å². The predicted octanol–water partition coefficient (Wildman–Crippen LogP) is 4.42. The summed E-state index contributed by atoms with van der Waals surface area (Å²) >= 11 is 3.37. The smallest absolute Gasteiger partial charge is 0.129 e. The van der Waals surface area contributed by atoms with Crippen molar-refractivity contribution < 1.29 is 9.13 Å². The molecule has 0 saturated heterocycles. The highest BCUT2D eigenvalue weighted by Gasteiger charge is 2.20. The van der Waals surface area contributed by atoms with Gasteiger partial charge in [-0.3, -0.25) is 0 Å². The van der Waals surface area contributed by atoms with Crippen molar-refractivity contribution in [3.63, 3.8) is 0 Å². The van der Waals surface area contributed by atoms with Gasteiger partial charge in [-0.05, 0) is 54.8 Å². The lowest BCUT2D eigenvalue weighted by molar-refractivity contribution is 0.299. The van der Waals surface area contributed by atoms with Crippen molar-refractivity contribution in [1.82, 2.24) is 5.32 Å². The van der Waals surface area contributed by atoms with Crippen molar-refractivity contribution in [3.05, 3.63) is 63.9 Å². The van der Waals surface area contributed by atoms with Crippen molar-refractivity contribution in [2.45, 2.75) is 32.0 Å². The van der Waals surface area contributed by atoms with Crippen molar-refractivity contribution in [1.29, 1.82) is 0 Å². The molecule has 3 rings (SSSR count). The Labute approximate surface area is 132 Å². The van der Waals surface area contributed by atoms with E-state index in [1.807, 2.05) is 36.4 Å². The van der Waals surface area contributed by atoms with Crippen LogP contribution in [0.2, 0.25) is 0 Å². The largest absolute Gasteiger partial charge is 0.489 e. The molecule has 1 aliphatic rings. The topological polar surface area (TPSA) is 21.3 Å². The van der Waals surface area contributed by atoms with E-state index in [0.29, 0.717) is 11.6 Å². The lowest BCUT2D eigenvalue weighted by atomic mass is 10.1. The highest BCUT2D eigenvalue weighted by Crippen LogP contribution is 2.21. The van der Waals surface area contributed by atoms with Gasteiger partial charge in [0.25, 0.3) is 0 Å². The number of halogens is 2. The molecule has 0 unspecified atom stereocenters. The molecule has 1 saturated carbocycles. The van der Waals surface area contributed by atoms with Gasteiger partial charge in [0.05, 0.1) is 0 Å². The van der Waals surface area contributed by atoms with Crippen LogP contribution in [0.15, 0.2) is 46.9 Å². The van der Waals surface area contributed by atoms with Gasteiger partial charge < -0.3 is 10.1 Å². The third-order valence-electron chi connectivity index (χ3n) is 3.49. The fraction of sp³-hybridized carbons (Fsp3) is 0.294. The molecule has 0 radical (unpaired) electrons. The van der Waals surface area contributed by atoms with Crippen LogP contribution < -0.4 is 10.1 Å². The van der Waals surface area contributed by atoms with Crippen LogP contribution in [0.1, 0.15) is 24.0 Å². The van der Waals surface area contributed by atoms with Gasteiger partial charge in [-0.15, -0.1) is 0 Å². The van der Waals surface area contributed by atoms with Gasteiger partial charge in [0.2, 0.25) is 0 Å². The van der Waals surface area contributed by atoms with Gasteiger partial charge in [0, 0.05) is 22.6 Å². The molecule has 21 heavy (non-hydrogen) atoms. The highest BCUT2D eigenvalue weighted by atomic mass is 79.9. The van der Waals surface area contributed by atoms with Crippen molar-refractivity contribution in [2.75, 3.05) is 0 Å². The number of ether oxygens (including phenoxy) is 1. The Hall–Kier alpha value is -1.39. The van der Waals surface area contributed by atoms with Crippen LogP contribution in [0.25, 0.3) is 0 Å². The Morgan fingerprint density at radius 2 is 1.90 bits per heavy atom. The molecule has 2 aromatic carbocycles. The maximum Gasteiger partial charge on any atom is 0.129 e. The molecule has 0 aromatic heterocycles. The summed E-state index contributed by atoms with van der Waals surface area (Å²) < 4.78 is 20.5. The summed E-state index contributed by atoms with van der Waals surface area (Å²) in [5, 5.41) is 3.43. The average Bonchev–Trinajstić information content (AvgIpc) is 3.31. The summed E-state index contributed by atoms with van der Waals surface area (Å²) in [6, 6.07) is 13.4. The zero-order valence-corrected chi connectivity index (χ0v) is 13.2. The van der Waals surface area contributed by atoms with Crippen molar-refractivity contribution >= 4 is 15.9 Å². The molecule has 0 heterocycles. The van der Waals surface area contributed by atoms with Gasteiger partial charge in [0.15, 0.2) is 0 Å². The van der Waals surface area contributed by atoms with E-state index in [1.165, 1.54) is 18.9 Å². The number of hydrogen-bond donors (Lipinski definition) is 1. The molecule has 1 aliphatic carbocycles. The maximum atomic E-state index is 13.8. The lowest BCUT2D eigenvalue weighted by Gasteiger charge is -2.10. The molecule has 4 heteroatoms. The van der Waals surface area contributed by atoms with E-state index in [9.17, 15) is 4.39 Å². The highest BCUT2D eigenvalue weighted by molar-refractivity contribution is 9.10. The van der Waals surface area contributed by atoms with Crippen LogP contribution in [-0.4, -0.2) is 6.04 Å². The second-order valence-corrected chi connectivity index (χ2v) is 6.24. The van der Waals surface area contributed by atoms with E-state index in [2.05, 4.69) is 21.2 Å². The Morgan fingerprint density at radius 3 is 2.62 bits per heavy atom. The SMILES string of the molecule is Fc1ccc(CNC2CC2)cc1COc1ccc(Br)cc1. The second kappa shape index (κ2) is 6.58. The molecule has 0 bridgehead atoms. The number of hydrogen-bond acceptors (Lipinski definition) is 2. The van der Waals surface area contributed by atoms with E-state index in [-0.39, 0.29) is 12.4 Å². The predicted molar refractivity (Wildman–Crippen MR) is 84.7 cm³/mol. The van der Waals surface area contributed by atoms with Crippen LogP contribution in [0.4, 0.5) is 4.39 Å². The van der Waals surface area contributed by atoms with Crippen molar-refractivity contribution in [2.24, 2.45) is 0 Å². The normalized spacial score (nSPS) is 14.2. The Bertz CT molecular complexity index is 611. The van der Waals surface area contributed by atoms with E-state index in [0.717, 1.165) is 22.3 Å². The number of rotatable bonds is 6. The van der Waals surface area contributed by atoms with Crippen LogP contribution in [0.5, 0.6) is 5.75 Å². The Kier molecular flexibility index (Phi) is 4.56. The van der Waals surface area contributed by atoms with Gasteiger partial charge in [-0.2, -0.15) is 0 Å². The van der Waals surface area contributed by atoms with E-state index >= 15 is 0 Å². The van der Waals surface area contributed by atoms with E-state index in [4.69, 9.17) is 4.74 Å². The molecule has 2 nitrogen and oxygen atoms in total. The third kappa shape index (κ3) is 4.29. The molecule has 1 N–H and O–H groups in total. The minimum absolute atomic E-state index is 0.220. The molecule has 0 atom stereocenters. The van der Waals surface area contributed by atoms with Crippen molar-refractivity contribution in [3.8, 4) is 5.75 Å². The first-order chi connectivity index (χ1) is 10.2. The molecule has 2 aromatic rings. The molecule has 110 valence electrons. The van der Waals surface area contributed by atoms with Crippen LogP contribution in [0, 0.1) is 5.82 Å². The Morgan fingerprint density at radius 1 is 1.14 bits per heavy atom. The minimum atomic E-state index is -0.220. The molecular formula is C17H17BrFNO. The van der Waals surface area contributed by atoms with Crippen LogP contribution >= 0.6 is 15.9 Å². The lowest BCUT2D eigenvalue weighted by Crippen LogP contribution is -2.15. The second-order valence-electron chi connectivity index (χ2n) is 5.32. The molecule has 1 fully saturated rings. The van der Waals surface area contributed by atoms with Crippen LogP contribution in [0.3, 0.4) is 0 Å². The summed E-state index contributed by atoms with van der Waals surface area (Å²) in [5.74, 6) is 0.515. The first kappa shape index (κ1) is 14.5. The molecule has 0 amide bonds. The zero-order chi connectivity index (χ0) is 14.7. The Balaban J connectivity index is 1.62. The quantitative estimate of drug-likeness (QED) is 0.833. The first-order valence-electron chi connectivity index (χ1n) is 7.10. The average molecular weight is 350 g/mol. The van der Waals surface area contributed by atoms with Gasteiger partial charge in [0.1, 0.15) is 18.2 Å². The first-order valence-corrected chi connectivity index (χ1v) is 7.89. The summed E-state index contributed by atoms with van der Waals surface area (Å²) in [6.07, 6.45) is 2.50. The fourth-order valence-electron chi connectivity index (χ4n) is 2.09. The summed E-state index contributed by atoms with van der Waals surface area (Å²) in [5.41, 5.74) is 1.69. The summed E-state index contributed by atoms with van der Waals surface area (Å²) in [4.78, 5) is 0. The standard InChI is InChI=1S/C17H17BrFNO/c18-14-2-6-16(7-3-14)21-11-13-9-12(1-8-17(13)19)10-20-15-4-5-15/h1-3,6-9,15,20H,4-5,10-11H2. The van der Waals surface area contributed by atoms with E-state index < -0.39 is 0 Å².